The van der Waals surface area contributed by atoms with Crippen LogP contribution in [0.3, 0.4) is 0 Å². The molecule has 0 atom stereocenters. The van der Waals surface area contributed by atoms with E-state index >= 15 is 0 Å². The number of aromatic amines is 1. The lowest BCUT2D eigenvalue weighted by molar-refractivity contribution is 0.752. The predicted molar refractivity (Wildman–Crippen MR) is 55.5 cm³/mol. The summed E-state index contributed by atoms with van der Waals surface area (Å²) >= 11 is 1.58. The van der Waals surface area contributed by atoms with Crippen molar-refractivity contribution in [1.82, 2.24) is 20.2 Å². The van der Waals surface area contributed by atoms with E-state index < -0.39 is 0 Å². The van der Waals surface area contributed by atoms with Gasteiger partial charge in [0.15, 0.2) is 10.8 Å². The Balaban J connectivity index is 2.36. The second-order valence-corrected chi connectivity index (χ2v) is 4.18. The summed E-state index contributed by atoms with van der Waals surface area (Å²) in [6.45, 7) is 0. The van der Waals surface area contributed by atoms with Gasteiger partial charge in [-0.25, -0.2) is 9.97 Å². The zero-order chi connectivity index (χ0) is 9.54. The fourth-order valence-electron chi connectivity index (χ4n) is 1.92. The van der Waals surface area contributed by atoms with Crippen LogP contribution < -0.4 is 0 Å². The SMILES string of the molecule is CSc1nc2c3c(n[nH]c3n1)CCC2. The normalized spacial score (nSPS) is 14.9. The highest BCUT2D eigenvalue weighted by Crippen LogP contribution is 2.26. The number of thioether (sulfide) groups is 1. The molecule has 14 heavy (non-hydrogen) atoms. The molecule has 2 heterocycles. The van der Waals surface area contributed by atoms with E-state index in [0.29, 0.717) is 0 Å². The molecule has 0 amide bonds. The van der Waals surface area contributed by atoms with Crippen LogP contribution in [0.5, 0.6) is 0 Å². The summed E-state index contributed by atoms with van der Waals surface area (Å²) < 4.78 is 0. The highest BCUT2D eigenvalue weighted by atomic mass is 32.2. The Hall–Kier alpha value is -1.10. The largest absolute Gasteiger partial charge is 0.260 e. The number of aromatic nitrogens is 4. The Morgan fingerprint density at radius 1 is 1.21 bits per heavy atom. The number of nitrogens with one attached hydrogen (secondary N) is 1. The van der Waals surface area contributed by atoms with Crippen molar-refractivity contribution >= 4 is 22.8 Å². The molecule has 1 N–H and O–H groups in total. The summed E-state index contributed by atoms with van der Waals surface area (Å²) in [5, 5.41) is 9.24. The first kappa shape index (κ1) is 8.23. The molecule has 0 radical (unpaired) electrons. The highest BCUT2D eigenvalue weighted by Gasteiger charge is 2.18. The summed E-state index contributed by atoms with van der Waals surface area (Å²) in [5.74, 6) is 0. The molecule has 72 valence electrons. The third kappa shape index (κ3) is 1.05. The van der Waals surface area contributed by atoms with Gasteiger partial charge in [-0.15, -0.1) is 0 Å². The van der Waals surface area contributed by atoms with Crippen LogP contribution >= 0.6 is 11.8 Å². The van der Waals surface area contributed by atoms with Crippen LogP contribution in [0, 0.1) is 0 Å². The fourth-order valence-corrected chi connectivity index (χ4v) is 2.31. The minimum Gasteiger partial charge on any atom is -0.260 e. The van der Waals surface area contributed by atoms with Crippen molar-refractivity contribution < 1.29 is 0 Å². The maximum atomic E-state index is 4.51. The molecule has 1 aliphatic rings. The second kappa shape index (κ2) is 2.95. The van der Waals surface area contributed by atoms with Crippen molar-refractivity contribution in [2.75, 3.05) is 6.26 Å². The van der Waals surface area contributed by atoms with Crippen LogP contribution in [0.15, 0.2) is 5.16 Å². The van der Waals surface area contributed by atoms with Gasteiger partial charge >= 0.3 is 0 Å². The monoisotopic (exact) mass is 206 g/mol. The van der Waals surface area contributed by atoms with Crippen molar-refractivity contribution in [2.45, 2.75) is 24.4 Å². The van der Waals surface area contributed by atoms with Gasteiger partial charge in [0.05, 0.1) is 16.8 Å². The van der Waals surface area contributed by atoms with Crippen LogP contribution in [0.4, 0.5) is 0 Å². The predicted octanol–water partition coefficient (Wildman–Crippen LogP) is 1.56. The van der Waals surface area contributed by atoms with E-state index in [9.17, 15) is 0 Å². The molecule has 2 aromatic heterocycles. The number of nitrogens with zero attached hydrogens (tertiary/aromatic N) is 3. The molecule has 4 nitrogen and oxygen atoms in total. The van der Waals surface area contributed by atoms with E-state index in [4.69, 9.17) is 0 Å². The fraction of sp³-hybridized carbons (Fsp3) is 0.444. The number of hydrogen-bond acceptors (Lipinski definition) is 4. The van der Waals surface area contributed by atoms with E-state index in [2.05, 4.69) is 20.2 Å². The molecule has 0 saturated heterocycles. The van der Waals surface area contributed by atoms with Gasteiger partial charge < -0.3 is 0 Å². The maximum absolute atomic E-state index is 4.51. The van der Waals surface area contributed by atoms with Gasteiger partial charge in [-0.1, -0.05) is 11.8 Å². The molecule has 3 rings (SSSR count). The summed E-state index contributed by atoms with van der Waals surface area (Å²) in [6, 6.07) is 0. The van der Waals surface area contributed by atoms with Crippen molar-refractivity contribution in [2.24, 2.45) is 0 Å². The van der Waals surface area contributed by atoms with E-state index in [1.54, 1.807) is 11.8 Å². The lowest BCUT2D eigenvalue weighted by Gasteiger charge is -2.09. The van der Waals surface area contributed by atoms with Gasteiger partial charge in [-0.2, -0.15) is 5.10 Å². The lowest BCUT2D eigenvalue weighted by atomic mass is 10.0. The van der Waals surface area contributed by atoms with Gasteiger partial charge in [-0.3, -0.25) is 5.10 Å². The first-order valence-corrected chi connectivity index (χ1v) is 5.89. The van der Waals surface area contributed by atoms with Crippen molar-refractivity contribution in [3.05, 3.63) is 11.4 Å². The molecule has 0 aliphatic heterocycles. The molecule has 0 spiro atoms. The number of aryl methyl sites for hydroxylation is 2. The molecule has 0 aromatic carbocycles. The van der Waals surface area contributed by atoms with Gasteiger partial charge in [0.2, 0.25) is 0 Å². The molecule has 0 fully saturated rings. The smallest absolute Gasteiger partial charge is 0.189 e. The molecule has 0 saturated carbocycles. The third-order valence-corrected chi connectivity index (χ3v) is 3.11. The Labute approximate surface area is 85.5 Å². The van der Waals surface area contributed by atoms with E-state index in [0.717, 1.165) is 46.8 Å². The summed E-state index contributed by atoms with van der Waals surface area (Å²) in [7, 11) is 0. The third-order valence-electron chi connectivity index (χ3n) is 2.56. The van der Waals surface area contributed by atoms with Gasteiger partial charge in [0, 0.05) is 0 Å². The van der Waals surface area contributed by atoms with Gasteiger partial charge in [0.25, 0.3) is 0 Å². The summed E-state index contributed by atoms with van der Waals surface area (Å²) in [4.78, 5) is 8.90. The Kier molecular flexibility index (Phi) is 1.73. The van der Waals surface area contributed by atoms with E-state index in [-0.39, 0.29) is 0 Å². The van der Waals surface area contributed by atoms with Crippen molar-refractivity contribution in [3.63, 3.8) is 0 Å². The first-order valence-electron chi connectivity index (χ1n) is 4.66. The zero-order valence-electron chi connectivity index (χ0n) is 7.87. The number of rotatable bonds is 1. The highest BCUT2D eigenvalue weighted by molar-refractivity contribution is 7.98. The van der Waals surface area contributed by atoms with Crippen LogP contribution in [0.2, 0.25) is 0 Å². The molecule has 2 aromatic rings. The molecule has 0 bridgehead atoms. The zero-order valence-corrected chi connectivity index (χ0v) is 8.69. The Bertz CT molecular complexity index is 491. The van der Waals surface area contributed by atoms with Gasteiger partial charge in [-0.05, 0) is 25.5 Å². The molecule has 0 unspecified atom stereocenters. The summed E-state index contributed by atoms with van der Waals surface area (Å²) in [5.41, 5.74) is 3.19. The van der Waals surface area contributed by atoms with Crippen LogP contribution in [0.25, 0.3) is 11.0 Å². The maximum Gasteiger partial charge on any atom is 0.189 e. The molecular formula is C9H10N4S. The summed E-state index contributed by atoms with van der Waals surface area (Å²) in [6.07, 6.45) is 5.25. The second-order valence-electron chi connectivity index (χ2n) is 3.40. The minimum absolute atomic E-state index is 0.838. The first-order chi connectivity index (χ1) is 6.88. The minimum atomic E-state index is 0.838. The van der Waals surface area contributed by atoms with Gasteiger partial charge in [0.1, 0.15) is 0 Å². The average molecular weight is 206 g/mol. The quantitative estimate of drug-likeness (QED) is 0.568. The van der Waals surface area contributed by atoms with E-state index in [1.165, 1.54) is 0 Å². The van der Waals surface area contributed by atoms with Crippen LogP contribution in [-0.2, 0) is 12.8 Å². The molecular weight excluding hydrogens is 196 g/mol. The lowest BCUT2D eigenvalue weighted by Crippen LogP contribution is -2.03. The van der Waals surface area contributed by atoms with Crippen molar-refractivity contribution in [3.8, 4) is 0 Å². The molecule has 5 heteroatoms. The standard InChI is InChI=1S/C9H10N4S/c1-14-9-10-5-3-2-4-6-7(5)8(11-9)13-12-6/h2-4H2,1H3,(H,10,11,12,13). The Morgan fingerprint density at radius 3 is 2.93 bits per heavy atom. The topological polar surface area (TPSA) is 54.5 Å². The number of H-pyrrole nitrogens is 1. The average Bonchev–Trinajstić information content (AvgIpc) is 2.64. The molecule has 1 aliphatic carbocycles. The van der Waals surface area contributed by atoms with Crippen molar-refractivity contribution in [1.29, 1.82) is 0 Å². The number of hydrogen-bond donors (Lipinski definition) is 1. The van der Waals surface area contributed by atoms with Crippen LogP contribution in [0.1, 0.15) is 17.8 Å². The van der Waals surface area contributed by atoms with Crippen LogP contribution in [-0.4, -0.2) is 26.4 Å². The Morgan fingerprint density at radius 2 is 2.07 bits per heavy atom. The van der Waals surface area contributed by atoms with E-state index in [1.807, 2.05) is 6.26 Å².